The minimum Gasteiger partial charge on any atom is -0.377 e. The number of hydrogen-bond donors (Lipinski definition) is 1. The van der Waals surface area contributed by atoms with Gasteiger partial charge in [-0.25, -0.2) is 0 Å². The van der Waals surface area contributed by atoms with Gasteiger partial charge in [0.2, 0.25) is 5.79 Å². The first-order valence-electron chi connectivity index (χ1n) is 4.41. The summed E-state index contributed by atoms with van der Waals surface area (Å²) in [6.45, 7) is 2.34. The van der Waals surface area contributed by atoms with Crippen LogP contribution in [0.4, 0.5) is 0 Å². The van der Waals surface area contributed by atoms with E-state index >= 15 is 0 Å². The molecule has 80 valence electrons. The van der Waals surface area contributed by atoms with Crippen LogP contribution >= 0.6 is 0 Å². The average molecular weight is 207 g/mol. The molecule has 13 heavy (non-hydrogen) atoms. The topological polar surface area (TPSA) is 53.7 Å². The van der Waals surface area contributed by atoms with Gasteiger partial charge in [-0.05, 0) is 6.42 Å². The molecule has 2 N–H and O–H groups in total. The van der Waals surface area contributed by atoms with Gasteiger partial charge in [-0.15, -0.1) is 0 Å². The molecule has 0 aromatic heterocycles. The van der Waals surface area contributed by atoms with Gasteiger partial charge in [-0.1, -0.05) is 6.92 Å². The van der Waals surface area contributed by atoms with Gasteiger partial charge < -0.3 is 19.9 Å². The molecule has 0 rings (SSSR count). The molecule has 0 amide bonds. The van der Waals surface area contributed by atoms with Crippen molar-refractivity contribution in [3.8, 4) is 0 Å². The van der Waals surface area contributed by atoms with E-state index in [4.69, 9.17) is 19.9 Å². The number of rotatable bonds is 6. The molecule has 1 atom stereocenters. The average Bonchev–Trinajstić information content (AvgIpc) is 2.20. The molecule has 0 aliphatic heterocycles. The lowest BCUT2D eigenvalue weighted by atomic mass is 10.1. The molecule has 0 saturated carbocycles. The van der Waals surface area contributed by atoms with Crippen molar-refractivity contribution in [2.75, 3.05) is 27.9 Å². The third kappa shape index (κ3) is 2.11. The molecule has 4 nitrogen and oxygen atoms in total. The van der Waals surface area contributed by atoms with E-state index in [1.165, 1.54) is 0 Å². The van der Waals surface area contributed by atoms with Crippen LogP contribution in [0.5, 0.6) is 0 Å². The molecule has 0 aromatic rings. The van der Waals surface area contributed by atoms with Gasteiger partial charge >= 0.3 is 0 Å². The summed E-state index contributed by atoms with van der Waals surface area (Å²) in [4.78, 5) is 0. The van der Waals surface area contributed by atoms with Crippen LogP contribution in [-0.4, -0.2) is 49.1 Å². The van der Waals surface area contributed by atoms with Crippen LogP contribution in [0.15, 0.2) is 0 Å². The highest BCUT2D eigenvalue weighted by Gasteiger charge is 2.47. The highest BCUT2D eigenvalue weighted by atomic mass is 28.1. The number of methoxy groups -OCH3 is 3. The van der Waals surface area contributed by atoms with E-state index in [-0.39, 0.29) is 5.22 Å². The zero-order chi connectivity index (χ0) is 10.5. The second kappa shape index (κ2) is 5.07. The molecule has 0 bridgehead atoms. The summed E-state index contributed by atoms with van der Waals surface area (Å²) in [6.07, 6.45) is 0.828. The van der Waals surface area contributed by atoms with Crippen molar-refractivity contribution >= 4 is 10.2 Å². The fraction of sp³-hybridized carbons (Fsp3) is 1.00. The van der Waals surface area contributed by atoms with E-state index in [2.05, 4.69) is 0 Å². The van der Waals surface area contributed by atoms with E-state index in [1.807, 2.05) is 6.92 Å². The Hall–Kier alpha value is 0.0569. The highest BCUT2D eigenvalue weighted by molar-refractivity contribution is 6.15. The first-order chi connectivity index (χ1) is 6.05. The van der Waals surface area contributed by atoms with Crippen molar-refractivity contribution < 1.29 is 14.2 Å². The molecule has 5 heteroatoms. The minimum atomic E-state index is -0.803. The minimum absolute atomic E-state index is 0.297. The Morgan fingerprint density at radius 2 is 1.62 bits per heavy atom. The quantitative estimate of drug-likeness (QED) is 0.451. The van der Waals surface area contributed by atoms with Crippen LogP contribution in [0.3, 0.4) is 0 Å². The molecular formula is C8H21NO3Si. The van der Waals surface area contributed by atoms with Crippen molar-refractivity contribution in [2.24, 2.45) is 5.73 Å². The first-order valence-corrected chi connectivity index (χ1v) is 5.41. The second-order valence-electron chi connectivity index (χ2n) is 3.15. The van der Waals surface area contributed by atoms with E-state index in [0.29, 0.717) is 6.54 Å². The van der Waals surface area contributed by atoms with Crippen LogP contribution in [-0.2, 0) is 14.2 Å². The van der Waals surface area contributed by atoms with E-state index in [1.54, 1.807) is 21.3 Å². The number of hydrogen-bond acceptors (Lipinski definition) is 4. The van der Waals surface area contributed by atoms with Crippen molar-refractivity contribution in [3.63, 3.8) is 0 Å². The van der Waals surface area contributed by atoms with Crippen molar-refractivity contribution in [3.05, 3.63) is 0 Å². The van der Waals surface area contributed by atoms with Crippen LogP contribution in [0, 0.1) is 0 Å². The van der Waals surface area contributed by atoms with Gasteiger partial charge in [0.25, 0.3) is 0 Å². The first kappa shape index (κ1) is 13.1. The molecule has 0 fully saturated rings. The third-order valence-electron chi connectivity index (χ3n) is 2.86. The van der Waals surface area contributed by atoms with Gasteiger partial charge in [-0.3, -0.25) is 0 Å². The Morgan fingerprint density at radius 3 is 1.69 bits per heavy atom. The van der Waals surface area contributed by atoms with E-state index < -0.39 is 5.79 Å². The summed E-state index contributed by atoms with van der Waals surface area (Å²) in [6, 6.07) is 0. The predicted molar refractivity (Wildman–Crippen MR) is 55.8 cm³/mol. The molecule has 0 saturated heterocycles. The zero-order valence-electron chi connectivity index (χ0n) is 9.22. The lowest BCUT2D eigenvalue weighted by molar-refractivity contribution is -0.275. The molecular weight excluding hydrogens is 186 g/mol. The summed E-state index contributed by atoms with van der Waals surface area (Å²) in [5, 5.41) is -0.384. The van der Waals surface area contributed by atoms with Gasteiger partial charge in [0, 0.05) is 27.9 Å². The maximum absolute atomic E-state index is 5.66. The van der Waals surface area contributed by atoms with Crippen LogP contribution in [0.25, 0.3) is 0 Å². The molecule has 0 aliphatic carbocycles. The van der Waals surface area contributed by atoms with Gasteiger partial charge in [0.15, 0.2) is 0 Å². The predicted octanol–water partition coefficient (Wildman–Crippen LogP) is -0.948. The Balaban J connectivity index is 4.87. The summed E-state index contributed by atoms with van der Waals surface area (Å²) in [7, 11) is 5.66. The standard InChI is InChI=1S/C8H21NO3Si/c1-5-8(13,12-4)7(6-9,10-2)11-3/h5-6,9H2,1-4,13H3. The van der Waals surface area contributed by atoms with Crippen LogP contribution < -0.4 is 5.73 Å². The maximum atomic E-state index is 5.66. The summed E-state index contributed by atoms with van der Waals surface area (Å²) in [5.41, 5.74) is 5.66. The Morgan fingerprint density at radius 1 is 1.15 bits per heavy atom. The number of ether oxygens (including phenoxy) is 3. The summed E-state index contributed by atoms with van der Waals surface area (Å²) >= 11 is 0. The second-order valence-corrected chi connectivity index (χ2v) is 4.77. The zero-order valence-corrected chi connectivity index (χ0v) is 11.2. The Labute approximate surface area is 83.1 Å². The molecule has 0 aromatic carbocycles. The third-order valence-corrected chi connectivity index (χ3v) is 4.74. The van der Waals surface area contributed by atoms with Crippen molar-refractivity contribution in [1.82, 2.24) is 0 Å². The fourth-order valence-electron chi connectivity index (χ4n) is 1.47. The monoisotopic (exact) mass is 207 g/mol. The molecule has 0 aliphatic rings. The summed E-state index contributed by atoms with van der Waals surface area (Å²) < 4.78 is 16.1. The van der Waals surface area contributed by atoms with Crippen molar-refractivity contribution in [1.29, 1.82) is 0 Å². The van der Waals surface area contributed by atoms with Crippen LogP contribution in [0.2, 0.25) is 0 Å². The van der Waals surface area contributed by atoms with E-state index in [9.17, 15) is 0 Å². The summed E-state index contributed by atoms with van der Waals surface area (Å²) in [5.74, 6) is -0.803. The highest BCUT2D eigenvalue weighted by Crippen LogP contribution is 2.29. The smallest absolute Gasteiger partial charge is 0.205 e. The Kier molecular flexibility index (Phi) is 5.09. The van der Waals surface area contributed by atoms with E-state index in [0.717, 1.165) is 16.7 Å². The fourth-order valence-corrected chi connectivity index (χ4v) is 2.08. The van der Waals surface area contributed by atoms with Crippen molar-refractivity contribution in [2.45, 2.75) is 24.4 Å². The van der Waals surface area contributed by atoms with Gasteiger partial charge in [0.1, 0.15) is 5.22 Å². The molecule has 0 heterocycles. The maximum Gasteiger partial charge on any atom is 0.205 e. The molecule has 1 unspecified atom stereocenters. The normalized spacial score (nSPS) is 17.3. The Bertz CT molecular complexity index is 138. The van der Waals surface area contributed by atoms with Gasteiger partial charge in [-0.2, -0.15) is 0 Å². The lowest BCUT2D eigenvalue weighted by Gasteiger charge is -2.44. The number of nitrogens with two attached hydrogens (primary N) is 1. The van der Waals surface area contributed by atoms with Crippen LogP contribution in [0.1, 0.15) is 13.3 Å². The SMILES string of the molecule is CCC([SiH3])(OC)C(CN)(OC)OC. The largest absolute Gasteiger partial charge is 0.377 e. The van der Waals surface area contributed by atoms with Gasteiger partial charge in [0.05, 0.1) is 10.2 Å². The molecule has 0 spiro atoms. The lowest BCUT2D eigenvalue weighted by Crippen LogP contribution is -2.62. The molecule has 0 radical (unpaired) electrons.